The molecular formula is C18H19N3O4. The molecule has 1 aromatic heterocycles. The number of carbonyl (C=O) groups excluding carboxylic acids is 2. The van der Waals surface area contributed by atoms with Crippen molar-refractivity contribution in [3.63, 3.8) is 0 Å². The molecule has 0 bridgehead atoms. The van der Waals surface area contributed by atoms with Crippen LogP contribution in [0, 0.1) is 5.41 Å². The summed E-state index contributed by atoms with van der Waals surface area (Å²) in [5.41, 5.74) is 0.446. The first-order valence-electron chi connectivity index (χ1n) is 7.84. The van der Waals surface area contributed by atoms with Crippen LogP contribution in [0.2, 0.25) is 0 Å². The first-order chi connectivity index (χ1) is 11.9. The number of nitrogens with zero attached hydrogens (tertiary/aromatic N) is 2. The molecule has 0 aliphatic carbocycles. The Morgan fingerprint density at radius 3 is 2.92 bits per heavy atom. The zero-order valence-electron chi connectivity index (χ0n) is 14.1. The third-order valence-electron chi connectivity index (χ3n) is 3.89. The van der Waals surface area contributed by atoms with E-state index in [9.17, 15) is 9.59 Å². The highest BCUT2D eigenvalue weighted by atomic mass is 16.5. The van der Waals surface area contributed by atoms with Gasteiger partial charge < -0.3 is 19.5 Å². The van der Waals surface area contributed by atoms with Crippen molar-refractivity contribution in [2.45, 2.75) is 13.8 Å². The average molecular weight is 341 g/mol. The SMILES string of the molecule is C=CCN1C(=O)C(C)(C)COc2ccc(NC(=O)c3ccno3)cc21. The Balaban J connectivity index is 1.94. The van der Waals surface area contributed by atoms with E-state index in [-0.39, 0.29) is 18.3 Å². The van der Waals surface area contributed by atoms with Crippen molar-refractivity contribution in [1.29, 1.82) is 0 Å². The minimum absolute atomic E-state index is 0.0649. The topological polar surface area (TPSA) is 84.7 Å². The number of amides is 2. The van der Waals surface area contributed by atoms with E-state index in [2.05, 4.69) is 17.1 Å². The molecule has 0 radical (unpaired) electrons. The van der Waals surface area contributed by atoms with Crippen LogP contribution in [-0.2, 0) is 4.79 Å². The fourth-order valence-electron chi connectivity index (χ4n) is 2.56. The largest absolute Gasteiger partial charge is 0.490 e. The molecule has 2 heterocycles. The quantitative estimate of drug-likeness (QED) is 0.865. The number of fused-ring (bicyclic) bond motifs is 1. The highest BCUT2D eigenvalue weighted by molar-refractivity contribution is 6.04. The summed E-state index contributed by atoms with van der Waals surface area (Å²) in [5.74, 6) is 0.198. The number of anilines is 2. The Morgan fingerprint density at radius 1 is 1.44 bits per heavy atom. The molecule has 2 amide bonds. The molecule has 0 saturated heterocycles. The molecule has 1 N–H and O–H groups in total. The van der Waals surface area contributed by atoms with E-state index in [1.807, 2.05) is 13.8 Å². The van der Waals surface area contributed by atoms with Crippen molar-refractivity contribution in [3.05, 3.63) is 48.9 Å². The Bertz CT molecular complexity index is 812. The summed E-state index contributed by atoms with van der Waals surface area (Å²) in [6.45, 7) is 8.02. The molecule has 1 aliphatic heterocycles. The molecule has 2 aromatic rings. The van der Waals surface area contributed by atoms with Gasteiger partial charge >= 0.3 is 0 Å². The Labute approximate surface area is 145 Å². The molecule has 0 spiro atoms. The second kappa shape index (κ2) is 6.43. The molecular weight excluding hydrogens is 322 g/mol. The molecule has 0 unspecified atom stereocenters. The van der Waals surface area contributed by atoms with Gasteiger partial charge in [0.25, 0.3) is 5.91 Å². The molecule has 1 aromatic carbocycles. The van der Waals surface area contributed by atoms with Crippen LogP contribution in [0.5, 0.6) is 5.75 Å². The standard InChI is InChI=1S/C18H19N3O4/c1-4-9-21-13-10-12(20-16(22)15-7-8-19-25-15)5-6-14(13)24-11-18(2,3)17(21)23/h4-8,10H,1,9,11H2,2-3H3,(H,20,22). The maximum Gasteiger partial charge on any atom is 0.294 e. The second-order valence-corrected chi connectivity index (χ2v) is 6.39. The van der Waals surface area contributed by atoms with E-state index in [4.69, 9.17) is 9.26 Å². The van der Waals surface area contributed by atoms with Gasteiger partial charge in [-0.3, -0.25) is 9.59 Å². The lowest BCUT2D eigenvalue weighted by molar-refractivity contribution is -0.127. The first kappa shape index (κ1) is 16.8. The van der Waals surface area contributed by atoms with Gasteiger partial charge in [-0.25, -0.2) is 0 Å². The number of hydrogen-bond acceptors (Lipinski definition) is 5. The van der Waals surface area contributed by atoms with Gasteiger partial charge in [-0.15, -0.1) is 6.58 Å². The number of benzene rings is 1. The molecule has 7 heteroatoms. The summed E-state index contributed by atoms with van der Waals surface area (Å²) in [5, 5.41) is 6.23. The molecule has 0 atom stereocenters. The van der Waals surface area contributed by atoms with Crippen LogP contribution in [0.4, 0.5) is 11.4 Å². The van der Waals surface area contributed by atoms with Gasteiger partial charge in [-0.1, -0.05) is 11.2 Å². The highest BCUT2D eigenvalue weighted by Crippen LogP contribution is 2.38. The van der Waals surface area contributed by atoms with Crippen molar-refractivity contribution in [1.82, 2.24) is 5.16 Å². The van der Waals surface area contributed by atoms with Crippen molar-refractivity contribution in [2.24, 2.45) is 5.41 Å². The molecule has 7 nitrogen and oxygen atoms in total. The van der Waals surface area contributed by atoms with Crippen LogP contribution in [0.25, 0.3) is 0 Å². The predicted octanol–water partition coefficient (Wildman–Crippen LogP) is 2.86. The van der Waals surface area contributed by atoms with E-state index < -0.39 is 11.3 Å². The summed E-state index contributed by atoms with van der Waals surface area (Å²) >= 11 is 0. The Kier molecular flexibility index (Phi) is 4.31. The number of hydrogen-bond donors (Lipinski definition) is 1. The van der Waals surface area contributed by atoms with Crippen LogP contribution in [0.3, 0.4) is 0 Å². The maximum absolute atomic E-state index is 12.8. The molecule has 0 fully saturated rings. The Morgan fingerprint density at radius 2 is 2.24 bits per heavy atom. The molecule has 1 aliphatic rings. The summed E-state index contributed by atoms with van der Waals surface area (Å²) in [4.78, 5) is 26.6. The van der Waals surface area contributed by atoms with Gasteiger partial charge in [-0.05, 0) is 32.0 Å². The van der Waals surface area contributed by atoms with E-state index in [0.717, 1.165) is 0 Å². The van der Waals surface area contributed by atoms with E-state index >= 15 is 0 Å². The number of carbonyl (C=O) groups is 2. The van der Waals surface area contributed by atoms with Gasteiger partial charge in [0.15, 0.2) is 0 Å². The predicted molar refractivity (Wildman–Crippen MR) is 92.7 cm³/mol. The van der Waals surface area contributed by atoms with Crippen LogP contribution in [0.1, 0.15) is 24.4 Å². The molecule has 25 heavy (non-hydrogen) atoms. The lowest BCUT2D eigenvalue weighted by Gasteiger charge is -2.27. The summed E-state index contributed by atoms with van der Waals surface area (Å²) in [6, 6.07) is 6.61. The number of nitrogens with one attached hydrogen (secondary N) is 1. The smallest absolute Gasteiger partial charge is 0.294 e. The third kappa shape index (κ3) is 3.26. The zero-order valence-corrected chi connectivity index (χ0v) is 14.1. The van der Waals surface area contributed by atoms with E-state index in [1.165, 1.54) is 12.3 Å². The Hall–Kier alpha value is -3.09. The number of ether oxygens (including phenoxy) is 1. The summed E-state index contributed by atoms with van der Waals surface area (Å²) in [6.07, 6.45) is 3.05. The number of aromatic nitrogens is 1. The normalized spacial score (nSPS) is 15.8. The van der Waals surface area contributed by atoms with Crippen molar-refractivity contribution in [3.8, 4) is 5.75 Å². The van der Waals surface area contributed by atoms with Crippen molar-refractivity contribution in [2.75, 3.05) is 23.4 Å². The van der Waals surface area contributed by atoms with Crippen LogP contribution < -0.4 is 15.0 Å². The molecule has 130 valence electrons. The lowest BCUT2D eigenvalue weighted by atomic mass is 9.93. The molecule has 3 rings (SSSR count). The van der Waals surface area contributed by atoms with Gasteiger partial charge in [0.05, 0.1) is 17.3 Å². The van der Waals surface area contributed by atoms with Gasteiger partial charge in [0, 0.05) is 18.3 Å². The van der Waals surface area contributed by atoms with Crippen molar-refractivity contribution >= 4 is 23.2 Å². The monoisotopic (exact) mass is 341 g/mol. The second-order valence-electron chi connectivity index (χ2n) is 6.39. The van der Waals surface area contributed by atoms with Gasteiger partial charge in [-0.2, -0.15) is 0 Å². The number of rotatable bonds is 4. The first-order valence-corrected chi connectivity index (χ1v) is 7.84. The minimum atomic E-state index is -0.661. The summed E-state index contributed by atoms with van der Waals surface area (Å²) < 4.78 is 10.6. The zero-order chi connectivity index (χ0) is 18.0. The van der Waals surface area contributed by atoms with Crippen LogP contribution >= 0.6 is 0 Å². The third-order valence-corrected chi connectivity index (χ3v) is 3.89. The fourth-order valence-corrected chi connectivity index (χ4v) is 2.56. The van der Waals surface area contributed by atoms with Crippen molar-refractivity contribution < 1.29 is 18.8 Å². The average Bonchev–Trinajstić information content (AvgIpc) is 3.10. The van der Waals surface area contributed by atoms with E-state index in [1.54, 1.807) is 29.2 Å². The van der Waals surface area contributed by atoms with Gasteiger partial charge in [0.1, 0.15) is 12.4 Å². The maximum atomic E-state index is 12.8. The fraction of sp³-hybridized carbons (Fsp3) is 0.278. The van der Waals surface area contributed by atoms with Gasteiger partial charge in [0.2, 0.25) is 11.7 Å². The van der Waals surface area contributed by atoms with Crippen LogP contribution in [0.15, 0.2) is 47.6 Å². The minimum Gasteiger partial charge on any atom is -0.490 e. The van der Waals surface area contributed by atoms with Crippen LogP contribution in [-0.4, -0.2) is 30.1 Å². The molecule has 0 saturated carbocycles. The van der Waals surface area contributed by atoms with E-state index in [0.29, 0.717) is 23.7 Å². The lowest BCUT2D eigenvalue weighted by Crippen LogP contribution is -2.42. The highest BCUT2D eigenvalue weighted by Gasteiger charge is 2.37. The summed E-state index contributed by atoms with van der Waals surface area (Å²) in [7, 11) is 0.